The van der Waals surface area contributed by atoms with Gasteiger partial charge in [-0.05, 0) is 42.5 Å². The van der Waals surface area contributed by atoms with Crippen LogP contribution in [-0.4, -0.2) is 31.4 Å². The van der Waals surface area contributed by atoms with Gasteiger partial charge in [-0.25, -0.2) is 0 Å². The second-order valence-corrected chi connectivity index (χ2v) is 8.00. The molecule has 0 aliphatic heterocycles. The molecule has 2 heterocycles. The predicted octanol–water partition coefficient (Wildman–Crippen LogP) is 5.37. The zero-order valence-corrected chi connectivity index (χ0v) is 17.8. The maximum absolute atomic E-state index is 12.4. The van der Waals surface area contributed by atoms with E-state index < -0.39 is 0 Å². The standard InChI is InChI=1S/C21H15Cl2N5OS/c22-14-10-15(23)12-16(11-14)25-19(29)13-30-21-27-26-20(18-8-4-5-9-24-18)28(21)17-6-2-1-3-7-17/h1-12H,13H2,(H,25,29). The average molecular weight is 456 g/mol. The Labute approximate surface area is 187 Å². The van der Waals surface area contributed by atoms with Gasteiger partial charge in [-0.1, -0.05) is 59.2 Å². The van der Waals surface area contributed by atoms with Crippen LogP contribution in [0.2, 0.25) is 10.0 Å². The summed E-state index contributed by atoms with van der Waals surface area (Å²) in [5.41, 5.74) is 2.11. The molecule has 4 rings (SSSR count). The van der Waals surface area contributed by atoms with Crippen LogP contribution in [0.1, 0.15) is 0 Å². The van der Waals surface area contributed by atoms with Crippen molar-refractivity contribution in [1.82, 2.24) is 19.7 Å². The number of aromatic nitrogens is 4. The summed E-state index contributed by atoms with van der Waals surface area (Å²) < 4.78 is 1.89. The SMILES string of the molecule is O=C(CSc1nnc(-c2ccccn2)n1-c1ccccc1)Nc1cc(Cl)cc(Cl)c1. The highest BCUT2D eigenvalue weighted by molar-refractivity contribution is 7.99. The van der Waals surface area contributed by atoms with Gasteiger partial charge in [-0.15, -0.1) is 10.2 Å². The molecule has 0 bridgehead atoms. The molecule has 0 aliphatic carbocycles. The van der Waals surface area contributed by atoms with E-state index in [1.807, 2.05) is 53.1 Å². The normalized spacial score (nSPS) is 10.7. The first-order chi connectivity index (χ1) is 14.6. The molecular formula is C21H15Cl2N5OS. The van der Waals surface area contributed by atoms with Crippen molar-refractivity contribution in [3.63, 3.8) is 0 Å². The number of anilines is 1. The van der Waals surface area contributed by atoms with Crippen LogP contribution in [0.4, 0.5) is 5.69 Å². The Bertz CT molecular complexity index is 1150. The van der Waals surface area contributed by atoms with Gasteiger partial charge in [0.1, 0.15) is 5.69 Å². The average Bonchev–Trinajstić information content (AvgIpc) is 3.17. The molecular weight excluding hydrogens is 441 g/mol. The van der Waals surface area contributed by atoms with E-state index in [4.69, 9.17) is 23.2 Å². The lowest BCUT2D eigenvalue weighted by Crippen LogP contribution is -2.14. The van der Waals surface area contributed by atoms with E-state index in [9.17, 15) is 4.79 Å². The lowest BCUT2D eigenvalue weighted by molar-refractivity contribution is -0.113. The van der Waals surface area contributed by atoms with Gasteiger partial charge in [0.2, 0.25) is 5.91 Å². The monoisotopic (exact) mass is 455 g/mol. The maximum atomic E-state index is 12.4. The molecule has 30 heavy (non-hydrogen) atoms. The first-order valence-electron chi connectivity index (χ1n) is 8.91. The minimum absolute atomic E-state index is 0.136. The van der Waals surface area contributed by atoms with Crippen molar-refractivity contribution in [2.24, 2.45) is 0 Å². The molecule has 0 aliphatic rings. The van der Waals surface area contributed by atoms with Crippen LogP contribution in [0.15, 0.2) is 78.1 Å². The van der Waals surface area contributed by atoms with Gasteiger partial charge in [0.05, 0.1) is 5.75 Å². The van der Waals surface area contributed by atoms with Crippen molar-refractivity contribution in [3.05, 3.63) is 83.0 Å². The van der Waals surface area contributed by atoms with Gasteiger partial charge in [0, 0.05) is 27.6 Å². The number of hydrogen-bond acceptors (Lipinski definition) is 5. The van der Waals surface area contributed by atoms with Crippen LogP contribution >= 0.6 is 35.0 Å². The maximum Gasteiger partial charge on any atom is 0.234 e. The first kappa shape index (κ1) is 20.4. The Balaban J connectivity index is 1.57. The van der Waals surface area contributed by atoms with Crippen LogP contribution < -0.4 is 5.32 Å². The van der Waals surface area contributed by atoms with Gasteiger partial charge in [-0.2, -0.15) is 0 Å². The fourth-order valence-electron chi connectivity index (χ4n) is 2.79. The lowest BCUT2D eigenvalue weighted by Gasteiger charge is -2.10. The third-order valence-corrected chi connectivity index (χ3v) is 5.39. The van der Waals surface area contributed by atoms with E-state index in [-0.39, 0.29) is 11.7 Å². The lowest BCUT2D eigenvalue weighted by atomic mass is 10.3. The number of para-hydroxylation sites is 1. The molecule has 2 aromatic carbocycles. The van der Waals surface area contributed by atoms with Crippen molar-refractivity contribution >= 4 is 46.6 Å². The number of nitrogens with one attached hydrogen (secondary N) is 1. The quantitative estimate of drug-likeness (QED) is 0.395. The molecule has 0 saturated carbocycles. The molecule has 0 spiro atoms. The zero-order valence-electron chi connectivity index (χ0n) is 15.5. The van der Waals surface area contributed by atoms with Gasteiger partial charge in [-0.3, -0.25) is 14.3 Å². The minimum atomic E-state index is -0.208. The Morgan fingerprint density at radius 1 is 0.967 bits per heavy atom. The van der Waals surface area contributed by atoms with Crippen molar-refractivity contribution < 1.29 is 4.79 Å². The Kier molecular flexibility index (Phi) is 6.32. The molecule has 9 heteroatoms. The molecule has 0 radical (unpaired) electrons. The number of pyridine rings is 1. The second kappa shape index (κ2) is 9.30. The number of halogens is 2. The third-order valence-electron chi connectivity index (χ3n) is 4.02. The first-order valence-corrected chi connectivity index (χ1v) is 10.7. The Morgan fingerprint density at radius 3 is 2.40 bits per heavy atom. The number of nitrogens with zero attached hydrogens (tertiary/aromatic N) is 4. The van der Waals surface area contributed by atoms with E-state index in [1.54, 1.807) is 24.4 Å². The molecule has 150 valence electrons. The summed E-state index contributed by atoms with van der Waals surface area (Å²) in [7, 11) is 0. The van der Waals surface area contributed by atoms with Crippen LogP contribution in [0, 0.1) is 0 Å². The summed E-state index contributed by atoms with van der Waals surface area (Å²) in [6, 6.07) is 20.2. The number of carbonyl (C=O) groups is 1. The predicted molar refractivity (Wildman–Crippen MR) is 120 cm³/mol. The number of rotatable bonds is 6. The van der Waals surface area contributed by atoms with Gasteiger partial charge in [0.25, 0.3) is 0 Å². The van der Waals surface area contributed by atoms with Crippen LogP contribution in [-0.2, 0) is 4.79 Å². The van der Waals surface area contributed by atoms with Gasteiger partial charge >= 0.3 is 0 Å². The molecule has 0 fully saturated rings. The minimum Gasteiger partial charge on any atom is -0.325 e. The van der Waals surface area contributed by atoms with E-state index >= 15 is 0 Å². The number of thioether (sulfide) groups is 1. The Hall–Kier alpha value is -2.87. The van der Waals surface area contributed by atoms with E-state index in [0.29, 0.717) is 32.4 Å². The number of amides is 1. The van der Waals surface area contributed by atoms with Crippen LogP contribution in [0.25, 0.3) is 17.2 Å². The highest BCUT2D eigenvalue weighted by Crippen LogP contribution is 2.27. The fourth-order valence-corrected chi connectivity index (χ4v) is 4.07. The van der Waals surface area contributed by atoms with Crippen LogP contribution in [0.3, 0.4) is 0 Å². The molecule has 0 saturated heterocycles. The number of hydrogen-bond donors (Lipinski definition) is 1. The molecule has 6 nitrogen and oxygen atoms in total. The summed E-state index contributed by atoms with van der Waals surface area (Å²) >= 11 is 13.3. The largest absolute Gasteiger partial charge is 0.325 e. The van der Waals surface area contributed by atoms with Crippen molar-refractivity contribution in [2.75, 3.05) is 11.1 Å². The molecule has 0 unspecified atom stereocenters. The van der Waals surface area contributed by atoms with Crippen molar-refractivity contribution in [3.8, 4) is 17.2 Å². The summed E-state index contributed by atoms with van der Waals surface area (Å²) in [4.78, 5) is 16.8. The van der Waals surface area contributed by atoms with E-state index in [2.05, 4.69) is 20.5 Å². The third kappa shape index (κ3) is 4.81. The van der Waals surface area contributed by atoms with Crippen molar-refractivity contribution in [1.29, 1.82) is 0 Å². The molecule has 1 amide bonds. The molecule has 1 N–H and O–H groups in total. The van der Waals surface area contributed by atoms with Gasteiger partial charge in [0.15, 0.2) is 11.0 Å². The second-order valence-electron chi connectivity index (χ2n) is 6.19. The fraction of sp³-hybridized carbons (Fsp3) is 0.0476. The topological polar surface area (TPSA) is 72.7 Å². The molecule has 0 atom stereocenters. The zero-order chi connectivity index (χ0) is 20.9. The highest BCUT2D eigenvalue weighted by Gasteiger charge is 2.18. The van der Waals surface area contributed by atoms with E-state index in [1.165, 1.54) is 11.8 Å². The molecule has 2 aromatic heterocycles. The summed E-state index contributed by atoms with van der Waals surface area (Å²) in [6.45, 7) is 0. The van der Waals surface area contributed by atoms with Crippen LogP contribution in [0.5, 0.6) is 0 Å². The van der Waals surface area contributed by atoms with Crippen molar-refractivity contribution in [2.45, 2.75) is 5.16 Å². The number of carbonyl (C=O) groups excluding carboxylic acids is 1. The van der Waals surface area contributed by atoms with E-state index in [0.717, 1.165) is 5.69 Å². The summed E-state index contributed by atoms with van der Waals surface area (Å²) in [5.74, 6) is 0.531. The number of benzene rings is 2. The van der Waals surface area contributed by atoms with Gasteiger partial charge < -0.3 is 5.32 Å². The highest BCUT2D eigenvalue weighted by atomic mass is 35.5. The summed E-state index contributed by atoms with van der Waals surface area (Å²) in [6.07, 6.45) is 1.70. The molecule has 4 aromatic rings. The summed E-state index contributed by atoms with van der Waals surface area (Å²) in [5, 5.41) is 12.9. The Morgan fingerprint density at radius 2 is 1.70 bits per heavy atom. The smallest absolute Gasteiger partial charge is 0.234 e.